The van der Waals surface area contributed by atoms with Crippen LogP contribution in [-0.4, -0.2) is 92.9 Å². The van der Waals surface area contributed by atoms with Gasteiger partial charge in [0.2, 0.25) is 11.8 Å². The lowest BCUT2D eigenvalue weighted by Crippen LogP contribution is -2.37. The van der Waals surface area contributed by atoms with E-state index in [1.165, 1.54) is 0 Å². The van der Waals surface area contributed by atoms with E-state index in [0.29, 0.717) is 52.6 Å². The number of pyridine rings is 1. The number of ketones is 1. The van der Waals surface area contributed by atoms with Crippen molar-refractivity contribution < 1.29 is 33.3 Å². The fourth-order valence-electron chi connectivity index (χ4n) is 5.07. The van der Waals surface area contributed by atoms with Crippen LogP contribution in [0.4, 0.5) is 0 Å². The van der Waals surface area contributed by atoms with Crippen molar-refractivity contribution in [1.29, 1.82) is 0 Å². The Morgan fingerprint density at radius 1 is 1.00 bits per heavy atom. The maximum absolute atomic E-state index is 12.9. The molecule has 1 saturated carbocycles. The molecule has 1 aromatic heterocycles. The van der Waals surface area contributed by atoms with Gasteiger partial charge in [0, 0.05) is 44.7 Å². The number of hydrogen-bond acceptors (Lipinski definition) is 8. The minimum absolute atomic E-state index is 0.0360. The highest BCUT2D eigenvalue weighted by molar-refractivity contribution is 5.90. The molecule has 1 aliphatic carbocycles. The summed E-state index contributed by atoms with van der Waals surface area (Å²) in [5.41, 5.74) is 0.869. The van der Waals surface area contributed by atoms with Gasteiger partial charge in [-0.2, -0.15) is 0 Å². The maximum atomic E-state index is 12.9. The van der Waals surface area contributed by atoms with Crippen molar-refractivity contribution in [3.05, 3.63) is 30.1 Å². The summed E-state index contributed by atoms with van der Waals surface area (Å²) in [6, 6.07) is 3.42. The van der Waals surface area contributed by atoms with Crippen molar-refractivity contribution in [2.75, 3.05) is 53.2 Å². The highest BCUT2D eigenvalue weighted by Crippen LogP contribution is 2.36. The van der Waals surface area contributed by atoms with Crippen LogP contribution in [0.15, 0.2) is 24.5 Å². The van der Waals surface area contributed by atoms with E-state index < -0.39 is 5.92 Å². The normalized spacial score (nSPS) is 23.4. The Balaban J connectivity index is 1.20. The van der Waals surface area contributed by atoms with Crippen LogP contribution in [0, 0.1) is 11.8 Å². The molecule has 0 radical (unpaired) electrons. The number of nitrogens with zero attached hydrogens (tertiary/aromatic N) is 2. The van der Waals surface area contributed by atoms with Crippen molar-refractivity contribution >= 4 is 17.6 Å². The average Bonchev–Trinajstić information content (AvgIpc) is 3.24. The molecule has 0 spiro atoms. The van der Waals surface area contributed by atoms with Gasteiger partial charge < -0.3 is 29.2 Å². The van der Waals surface area contributed by atoms with E-state index in [2.05, 4.69) is 10.3 Å². The predicted octanol–water partition coefficient (Wildman–Crippen LogP) is 2.71. The number of rotatable bonds is 17. The number of carbonyl (C=O) groups is 3. The van der Waals surface area contributed by atoms with Crippen LogP contribution in [0.25, 0.3) is 0 Å². The van der Waals surface area contributed by atoms with Gasteiger partial charge in [0.15, 0.2) is 0 Å². The third-order valence-corrected chi connectivity index (χ3v) is 7.42. The van der Waals surface area contributed by atoms with Gasteiger partial charge in [0.25, 0.3) is 0 Å². The second kappa shape index (κ2) is 16.6. The summed E-state index contributed by atoms with van der Waals surface area (Å²) in [5.74, 6) is -0.321. The van der Waals surface area contributed by atoms with Crippen LogP contribution in [0.2, 0.25) is 0 Å². The van der Waals surface area contributed by atoms with E-state index >= 15 is 0 Å². The quantitative estimate of drug-likeness (QED) is 0.296. The standard InChI is InChI=1S/C29H45N3O7/c1-21(2)26(33)10-13-36-15-16-37-17-18-39-24-8-6-23(7-9-24)38-14-12-31-29(35)25-19-27(34)32(3)28(25)22-5-4-11-30-20-22/h4-5,11,20-21,23-25,28H,6-10,12-19H2,1-3H3,(H,31,35)/t23?,24?,25-,28+/m0/s1. The minimum atomic E-state index is -0.434. The van der Waals surface area contributed by atoms with Gasteiger partial charge >= 0.3 is 0 Å². The van der Waals surface area contributed by atoms with Gasteiger partial charge in [0.05, 0.1) is 63.8 Å². The van der Waals surface area contributed by atoms with Gasteiger partial charge in [0.1, 0.15) is 5.78 Å². The fourth-order valence-corrected chi connectivity index (χ4v) is 5.07. The number of likely N-dealkylation sites (tertiary alicyclic amines) is 1. The number of Topliss-reactive ketones (excluding diaryl/α,β-unsaturated/α-hetero) is 1. The van der Waals surface area contributed by atoms with Gasteiger partial charge in [-0.3, -0.25) is 19.4 Å². The predicted molar refractivity (Wildman–Crippen MR) is 145 cm³/mol. The first kappa shape index (κ1) is 31.1. The second-order valence-electron chi connectivity index (χ2n) is 10.6. The van der Waals surface area contributed by atoms with E-state index in [1.54, 1.807) is 24.3 Å². The van der Waals surface area contributed by atoms with Crippen molar-refractivity contribution in [3.63, 3.8) is 0 Å². The molecule has 1 aliphatic heterocycles. The molecule has 10 nitrogen and oxygen atoms in total. The largest absolute Gasteiger partial charge is 0.379 e. The Morgan fingerprint density at radius 2 is 1.64 bits per heavy atom. The van der Waals surface area contributed by atoms with E-state index in [4.69, 9.17) is 18.9 Å². The summed E-state index contributed by atoms with van der Waals surface area (Å²) >= 11 is 0. The van der Waals surface area contributed by atoms with Crippen LogP contribution < -0.4 is 5.32 Å². The van der Waals surface area contributed by atoms with Crippen molar-refractivity contribution in [2.45, 2.75) is 70.6 Å². The van der Waals surface area contributed by atoms with Crippen LogP contribution in [-0.2, 0) is 33.3 Å². The zero-order valence-electron chi connectivity index (χ0n) is 23.6. The first-order chi connectivity index (χ1) is 18.9. The number of carbonyl (C=O) groups excluding carboxylic acids is 3. The zero-order chi connectivity index (χ0) is 28.0. The molecule has 39 heavy (non-hydrogen) atoms. The lowest BCUT2D eigenvalue weighted by Gasteiger charge is -2.29. The van der Waals surface area contributed by atoms with E-state index in [0.717, 1.165) is 31.2 Å². The molecule has 2 aliphatic rings. The van der Waals surface area contributed by atoms with Gasteiger partial charge in [-0.1, -0.05) is 19.9 Å². The third-order valence-electron chi connectivity index (χ3n) is 7.42. The van der Waals surface area contributed by atoms with E-state index in [9.17, 15) is 14.4 Å². The fraction of sp³-hybridized carbons (Fsp3) is 0.724. The first-order valence-electron chi connectivity index (χ1n) is 14.2. The number of aromatic nitrogens is 1. The first-order valence-corrected chi connectivity index (χ1v) is 14.2. The molecule has 2 atom stereocenters. The van der Waals surface area contributed by atoms with E-state index in [-0.39, 0.29) is 48.2 Å². The summed E-state index contributed by atoms with van der Waals surface area (Å²) in [7, 11) is 1.74. The smallest absolute Gasteiger partial charge is 0.226 e. The Kier molecular flexibility index (Phi) is 13.3. The summed E-state index contributed by atoms with van der Waals surface area (Å²) in [4.78, 5) is 42.5. The monoisotopic (exact) mass is 547 g/mol. The molecule has 1 saturated heterocycles. The molecule has 218 valence electrons. The molecule has 2 amide bonds. The molecule has 0 unspecified atom stereocenters. The van der Waals surface area contributed by atoms with Crippen molar-refractivity contribution in [1.82, 2.24) is 15.2 Å². The second-order valence-corrected chi connectivity index (χ2v) is 10.6. The average molecular weight is 548 g/mol. The van der Waals surface area contributed by atoms with E-state index in [1.807, 2.05) is 26.0 Å². The summed E-state index contributed by atoms with van der Waals surface area (Å²) in [5, 5.41) is 2.95. The number of ether oxygens (including phenoxy) is 4. The molecular weight excluding hydrogens is 502 g/mol. The number of amides is 2. The van der Waals surface area contributed by atoms with Crippen molar-refractivity contribution in [3.8, 4) is 0 Å². The van der Waals surface area contributed by atoms with Crippen LogP contribution >= 0.6 is 0 Å². The Hall–Kier alpha value is -2.40. The maximum Gasteiger partial charge on any atom is 0.226 e. The lowest BCUT2D eigenvalue weighted by molar-refractivity contribution is -0.128. The minimum Gasteiger partial charge on any atom is -0.379 e. The summed E-state index contributed by atoms with van der Waals surface area (Å²) in [6.45, 7) is 7.14. The molecule has 10 heteroatoms. The molecular formula is C29H45N3O7. The Labute approximate surface area is 232 Å². The SMILES string of the molecule is CC(C)C(=O)CCOCCOCCOC1CCC(OCCNC(=O)[C@H]2CC(=O)N(C)[C@@H]2c2cccnc2)CC1. The van der Waals surface area contributed by atoms with Gasteiger partial charge in [-0.15, -0.1) is 0 Å². The highest BCUT2D eigenvalue weighted by atomic mass is 16.5. The van der Waals surface area contributed by atoms with Gasteiger partial charge in [-0.25, -0.2) is 0 Å². The lowest BCUT2D eigenvalue weighted by atomic mass is 9.94. The molecule has 2 fully saturated rings. The van der Waals surface area contributed by atoms with Crippen LogP contribution in [0.1, 0.15) is 64.0 Å². The third kappa shape index (κ3) is 10.3. The molecule has 3 rings (SSSR count). The van der Waals surface area contributed by atoms with Crippen LogP contribution in [0.5, 0.6) is 0 Å². The molecule has 1 N–H and O–H groups in total. The number of hydrogen-bond donors (Lipinski definition) is 1. The molecule has 0 bridgehead atoms. The Morgan fingerprint density at radius 3 is 2.28 bits per heavy atom. The van der Waals surface area contributed by atoms with Crippen LogP contribution in [0.3, 0.4) is 0 Å². The summed E-state index contributed by atoms with van der Waals surface area (Å²) < 4.78 is 22.9. The molecule has 0 aromatic carbocycles. The topological polar surface area (TPSA) is 116 Å². The molecule has 1 aromatic rings. The summed E-state index contributed by atoms with van der Waals surface area (Å²) in [6.07, 6.45) is 8.16. The number of nitrogens with one attached hydrogen (secondary N) is 1. The van der Waals surface area contributed by atoms with Gasteiger partial charge in [-0.05, 0) is 37.3 Å². The molecule has 2 heterocycles. The zero-order valence-corrected chi connectivity index (χ0v) is 23.6. The Bertz CT molecular complexity index is 890. The highest BCUT2D eigenvalue weighted by Gasteiger charge is 2.42. The van der Waals surface area contributed by atoms with Crippen molar-refractivity contribution in [2.24, 2.45) is 11.8 Å².